The molecule has 0 spiro atoms. The number of nitrogens with one attached hydrogen (secondary N) is 1. The van der Waals surface area contributed by atoms with E-state index in [0.717, 1.165) is 62.8 Å². The van der Waals surface area contributed by atoms with E-state index in [9.17, 15) is 0 Å². The molecule has 5 heteroatoms. The molecule has 0 aromatic heterocycles. The van der Waals surface area contributed by atoms with Gasteiger partial charge in [0, 0.05) is 26.7 Å². The number of ether oxygens (including phenoxy) is 2. The van der Waals surface area contributed by atoms with Crippen molar-refractivity contribution in [3.05, 3.63) is 36.4 Å². The van der Waals surface area contributed by atoms with Crippen molar-refractivity contribution in [2.45, 2.75) is 32.6 Å². The summed E-state index contributed by atoms with van der Waals surface area (Å²) in [5.74, 6) is 2.51. The zero-order valence-corrected chi connectivity index (χ0v) is 16.2. The van der Waals surface area contributed by atoms with Crippen molar-refractivity contribution in [1.29, 1.82) is 0 Å². The van der Waals surface area contributed by atoms with Crippen LogP contribution in [0.3, 0.4) is 0 Å². The van der Waals surface area contributed by atoms with E-state index in [1.165, 1.54) is 5.56 Å². The van der Waals surface area contributed by atoms with Gasteiger partial charge in [-0.1, -0.05) is 12.1 Å². The number of aryl methyl sites for hydroxylation is 1. The van der Waals surface area contributed by atoms with Crippen LogP contribution in [0.5, 0.6) is 11.5 Å². The van der Waals surface area contributed by atoms with Crippen LogP contribution in [0.4, 0.5) is 0 Å². The van der Waals surface area contributed by atoms with E-state index in [-0.39, 0.29) is 0 Å². The number of benzene rings is 1. The second-order valence-electron chi connectivity index (χ2n) is 5.88. The molecule has 0 bridgehead atoms. The summed E-state index contributed by atoms with van der Waals surface area (Å²) in [7, 11) is 5.40. The molecule has 0 atom stereocenters. The van der Waals surface area contributed by atoms with E-state index >= 15 is 0 Å². The van der Waals surface area contributed by atoms with Gasteiger partial charge in [-0.2, -0.15) is 0 Å². The molecule has 1 aromatic rings. The second-order valence-corrected chi connectivity index (χ2v) is 5.88. The van der Waals surface area contributed by atoms with Crippen molar-refractivity contribution in [3.8, 4) is 11.5 Å². The van der Waals surface area contributed by atoms with E-state index < -0.39 is 0 Å². The molecule has 0 aliphatic carbocycles. The molecular formula is C20H33N3O2. The van der Waals surface area contributed by atoms with E-state index in [0.29, 0.717) is 0 Å². The summed E-state index contributed by atoms with van der Waals surface area (Å²) in [4.78, 5) is 6.92. The van der Waals surface area contributed by atoms with E-state index in [2.05, 4.69) is 36.8 Å². The van der Waals surface area contributed by atoms with Gasteiger partial charge in [0.25, 0.3) is 0 Å². The number of unbranched alkanes of at least 4 members (excludes halogenated alkanes) is 1. The molecule has 1 N–H and O–H groups in total. The predicted octanol–water partition coefficient (Wildman–Crippen LogP) is 3.50. The first-order chi connectivity index (χ1) is 12.2. The number of guanidine groups is 1. The van der Waals surface area contributed by atoms with Crippen LogP contribution in [-0.2, 0) is 6.42 Å². The smallest absolute Gasteiger partial charge is 0.193 e. The highest BCUT2D eigenvalue weighted by atomic mass is 16.5. The number of allylic oxidation sites excluding steroid dienone is 1. The Labute approximate surface area is 152 Å². The van der Waals surface area contributed by atoms with Crippen LogP contribution in [0.2, 0.25) is 0 Å². The average Bonchev–Trinajstić information content (AvgIpc) is 2.64. The Bertz CT molecular complexity index is 544. The maximum atomic E-state index is 5.36. The van der Waals surface area contributed by atoms with Crippen molar-refractivity contribution in [2.75, 3.05) is 40.9 Å². The predicted molar refractivity (Wildman–Crippen MR) is 106 cm³/mol. The minimum atomic E-state index is 0.764. The lowest BCUT2D eigenvalue weighted by molar-refractivity contribution is 0.354. The van der Waals surface area contributed by atoms with Crippen LogP contribution in [-0.4, -0.2) is 51.8 Å². The van der Waals surface area contributed by atoms with Crippen molar-refractivity contribution in [1.82, 2.24) is 10.2 Å². The molecule has 140 valence electrons. The molecule has 5 nitrogen and oxygen atoms in total. The molecule has 0 heterocycles. The second kappa shape index (κ2) is 12.2. The van der Waals surface area contributed by atoms with E-state index in [1.54, 1.807) is 14.2 Å². The fraction of sp³-hybridized carbons (Fsp3) is 0.550. The SMILES string of the molecule is C=CCCCN(C)C(=NCCCc1ccc(OC)c(OC)c1)NCC. The van der Waals surface area contributed by atoms with E-state index in [4.69, 9.17) is 14.5 Å². The zero-order chi connectivity index (χ0) is 18.5. The molecule has 0 saturated carbocycles. The van der Waals surface area contributed by atoms with Crippen LogP contribution in [0.1, 0.15) is 31.7 Å². The summed E-state index contributed by atoms with van der Waals surface area (Å²) in [6.45, 7) is 8.51. The third-order valence-corrected chi connectivity index (χ3v) is 3.93. The molecule has 0 unspecified atom stereocenters. The molecule has 0 aliphatic heterocycles. The Morgan fingerprint density at radius 1 is 1.24 bits per heavy atom. The summed E-state index contributed by atoms with van der Waals surface area (Å²) >= 11 is 0. The number of aliphatic imine (C=N–C) groups is 1. The number of hydrogen-bond acceptors (Lipinski definition) is 3. The minimum absolute atomic E-state index is 0.764. The largest absolute Gasteiger partial charge is 0.493 e. The highest BCUT2D eigenvalue weighted by molar-refractivity contribution is 5.79. The molecule has 1 rings (SSSR count). The van der Waals surface area contributed by atoms with Gasteiger partial charge in [0.1, 0.15) is 0 Å². The first kappa shape index (κ1) is 20.9. The fourth-order valence-corrected chi connectivity index (χ4v) is 2.55. The Morgan fingerprint density at radius 3 is 2.64 bits per heavy atom. The van der Waals surface area contributed by atoms with E-state index in [1.807, 2.05) is 18.2 Å². The van der Waals surface area contributed by atoms with Gasteiger partial charge in [0.15, 0.2) is 17.5 Å². The number of hydrogen-bond donors (Lipinski definition) is 1. The van der Waals surface area contributed by atoms with Crippen LogP contribution in [0, 0.1) is 0 Å². The van der Waals surface area contributed by atoms with Gasteiger partial charge in [-0.05, 0) is 50.3 Å². The maximum Gasteiger partial charge on any atom is 0.193 e. The number of rotatable bonds is 11. The van der Waals surface area contributed by atoms with Gasteiger partial charge in [0.2, 0.25) is 0 Å². The van der Waals surface area contributed by atoms with Crippen LogP contribution in [0.15, 0.2) is 35.8 Å². The topological polar surface area (TPSA) is 46.1 Å². The molecule has 0 aliphatic rings. The Hall–Kier alpha value is -2.17. The highest BCUT2D eigenvalue weighted by Gasteiger charge is 2.06. The summed E-state index contributed by atoms with van der Waals surface area (Å²) in [6, 6.07) is 6.07. The fourth-order valence-electron chi connectivity index (χ4n) is 2.55. The van der Waals surface area contributed by atoms with Crippen LogP contribution < -0.4 is 14.8 Å². The Morgan fingerprint density at radius 2 is 2.00 bits per heavy atom. The van der Waals surface area contributed by atoms with Gasteiger partial charge in [-0.25, -0.2) is 0 Å². The first-order valence-electron chi connectivity index (χ1n) is 8.97. The molecule has 0 radical (unpaired) electrons. The third kappa shape index (κ3) is 7.50. The van der Waals surface area contributed by atoms with Gasteiger partial charge in [0.05, 0.1) is 14.2 Å². The number of nitrogens with zero attached hydrogens (tertiary/aromatic N) is 2. The van der Waals surface area contributed by atoms with Crippen molar-refractivity contribution >= 4 is 5.96 Å². The maximum absolute atomic E-state index is 5.36. The molecular weight excluding hydrogens is 314 g/mol. The Kier molecular flexibility index (Phi) is 10.2. The monoisotopic (exact) mass is 347 g/mol. The van der Waals surface area contributed by atoms with Gasteiger partial charge in [-0.3, -0.25) is 4.99 Å². The summed E-state index contributed by atoms with van der Waals surface area (Å²) in [5.41, 5.74) is 1.23. The van der Waals surface area contributed by atoms with Gasteiger partial charge in [-0.15, -0.1) is 6.58 Å². The van der Waals surface area contributed by atoms with Crippen molar-refractivity contribution < 1.29 is 9.47 Å². The quantitative estimate of drug-likeness (QED) is 0.288. The molecule has 25 heavy (non-hydrogen) atoms. The van der Waals surface area contributed by atoms with Crippen LogP contribution >= 0.6 is 0 Å². The summed E-state index contributed by atoms with van der Waals surface area (Å²) < 4.78 is 10.6. The Balaban J connectivity index is 2.53. The summed E-state index contributed by atoms with van der Waals surface area (Å²) in [5, 5.41) is 3.35. The number of methoxy groups -OCH3 is 2. The highest BCUT2D eigenvalue weighted by Crippen LogP contribution is 2.27. The standard InChI is InChI=1S/C20H33N3O2/c1-6-8-9-15-23(3)20(21-7-2)22-14-10-11-17-12-13-18(24-4)19(16-17)25-5/h6,12-13,16H,1,7-11,14-15H2,2-5H3,(H,21,22). The zero-order valence-electron chi connectivity index (χ0n) is 16.2. The first-order valence-corrected chi connectivity index (χ1v) is 8.97. The molecule has 1 aromatic carbocycles. The lowest BCUT2D eigenvalue weighted by atomic mass is 10.1. The lowest BCUT2D eigenvalue weighted by Gasteiger charge is -2.21. The lowest BCUT2D eigenvalue weighted by Crippen LogP contribution is -2.39. The average molecular weight is 348 g/mol. The minimum Gasteiger partial charge on any atom is -0.493 e. The molecule has 0 saturated heterocycles. The van der Waals surface area contributed by atoms with Gasteiger partial charge < -0.3 is 19.7 Å². The summed E-state index contributed by atoms with van der Waals surface area (Å²) in [6.07, 6.45) is 6.04. The molecule has 0 fully saturated rings. The third-order valence-electron chi connectivity index (χ3n) is 3.93. The van der Waals surface area contributed by atoms with Crippen molar-refractivity contribution in [2.24, 2.45) is 4.99 Å². The molecule has 0 amide bonds. The van der Waals surface area contributed by atoms with Crippen molar-refractivity contribution in [3.63, 3.8) is 0 Å². The normalized spacial score (nSPS) is 11.1. The van der Waals surface area contributed by atoms with Gasteiger partial charge >= 0.3 is 0 Å². The van der Waals surface area contributed by atoms with Crippen LogP contribution in [0.25, 0.3) is 0 Å².